The molecule has 1 aromatic rings. The number of nitrogens with zero attached hydrogens (tertiary/aromatic N) is 1. The van der Waals surface area contributed by atoms with Crippen molar-refractivity contribution in [3.05, 3.63) is 18.2 Å². The number of ether oxygens (including phenoxy) is 1. The third kappa shape index (κ3) is 3.32. The van der Waals surface area contributed by atoms with Gasteiger partial charge in [0.2, 0.25) is 0 Å². The fourth-order valence-corrected chi connectivity index (χ4v) is 2.02. The molecule has 4 heteroatoms. The highest BCUT2D eigenvalue weighted by molar-refractivity contribution is 4.94. The first kappa shape index (κ1) is 10.6. The zero-order valence-electron chi connectivity index (χ0n) is 9.20. The van der Waals surface area contributed by atoms with E-state index in [0.717, 1.165) is 32.4 Å². The molecular formula is C11H19N3O. The van der Waals surface area contributed by atoms with Crippen LogP contribution in [0.15, 0.2) is 12.5 Å². The monoisotopic (exact) mass is 209 g/mol. The van der Waals surface area contributed by atoms with Gasteiger partial charge in [0.05, 0.1) is 12.4 Å². The van der Waals surface area contributed by atoms with Crippen LogP contribution in [0.3, 0.4) is 0 Å². The molecule has 0 saturated carbocycles. The van der Waals surface area contributed by atoms with Crippen LogP contribution in [0.2, 0.25) is 0 Å². The fourth-order valence-electron chi connectivity index (χ4n) is 2.02. The van der Waals surface area contributed by atoms with E-state index in [0.29, 0.717) is 12.1 Å². The summed E-state index contributed by atoms with van der Waals surface area (Å²) in [6, 6.07) is 0.622. The van der Waals surface area contributed by atoms with Gasteiger partial charge in [-0.05, 0) is 19.8 Å². The van der Waals surface area contributed by atoms with Gasteiger partial charge in [-0.15, -0.1) is 0 Å². The number of imidazole rings is 1. The third-order valence-corrected chi connectivity index (χ3v) is 2.87. The van der Waals surface area contributed by atoms with Crippen LogP contribution in [0.1, 0.15) is 25.5 Å². The Morgan fingerprint density at radius 2 is 2.60 bits per heavy atom. The summed E-state index contributed by atoms with van der Waals surface area (Å²) in [7, 11) is 0. The zero-order valence-corrected chi connectivity index (χ0v) is 9.20. The molecule has 84 valence electrons. The van der Waals surface area contributed by atoms with Crippen molar-refractivity contribution < 1.29 is 4.74 Å². The molecule has 15 heavy (non-hydrogen) atoms. The molecule has 0 bridgehead atoms. The number of aromatic amines is 1. The van der Waals surface area contributed by atoms with Gasteiger partial charge in [0.15, 0.2) is 0 Å². The fraction of sp³-hybridized carbons (Fsp3) is 0.727. The second-order valence-corrected chi connectivity index (χ2v) is 4.18. The second-order valence-electron chi connectivity index (χ2n) is 4.18. The average Bonchev–Trinajstić information content (AvgIpc) is 2.71. The summed E-state index contributed by atoms with van der Waals surface area (Å²) in [6.07, 6.45) is 7.30. The van der Waals surface area contributed by atoms with E-state index in [-0.39, 0.29) is 0 Å². The van der Waals surface area contributed by atoms with Crippen molar-refractivity contribution in [2.24, 2.45) is 0 Å². The van der Waals surface area contributed by atoms with Crippen LogP contribution in [0, 0.1) is 0 Å². The van der Waals surface area contributed by atoms with E-state index in [9.17, 15) is 0 Å². The molecule has 0 aromatic carbocycles. The summed E-state index contributed by atoms with van der Waals surface area (Å²) in [4.78, 5) is 7.10. The molecule has 4 nitrogen and oxygen atoms in total. The number of hydrogen-bond acceptors (Lipinski definition) is 3. The Hall–Kier alpha value is -0.870. The second kappa shape index (κ2) is 5.28. The third-order valence-electron chi connectivity index (χ3n) is 2.87. The van der Waals surface area contributed by atoms with E-state index in [1.807, 2.05) is 6.20 Å². The van der Waals surface area contributed by atoms with Crippen molar-refractivity contribution in [3.8, 4) is 0 Å². The van der Waals surface area contributed by atoms with Crippen LogP contribution in [0.25, 0.3) is 0 Å². The lowest BCUT2D eigenvalue weighted by atomic mass is 10.0. The molecule has 2 unspecified atom stereocenters. The molecule has 0 aliphatic carbocycles. The van der Waals surface area contributed by atoms with E-state index in [2.05, 4.69) is 22.2 Å². The molecule has 2 N–H and O–H groups in total. The number of H-pyrrole nitrogens is 1. The minimum atomic E-state index is 0.406. The smallest absolute Gasteiger partial charge is 0.0921 e. The highest BCUT2D eigenvalue weighted by atomic mass is 16.5. The Morgan fingerprint density at radius 1 is 1.67 bits per heavy atom. The number of hydrogen-bond donors (Lipinski definition) is 2. The maximum atomic E-state index is 5.50. The molecule has 0 radical (unpaired) electrons. The van der Waals surface area contributed by atoms with Gasteiger partial charge in [0.25, 0.3) is 0 Å². The van der Waals surface area contributed by atoms with Gasteiger partial charge in [-0.2, -0.15) is 0 Å². The van der Waals surface area contributed by atoms with Gasteiger partial charge >= 0.3 is 0 Å². The van der Waals surface area contributed by atoms with Crippen molar-refractivity contribution in [1.29, 1.82) is 0 Å². The largest absolute Gasteiger partial charge is 0.378 e. The van der Waals surface area contributed by atoms with Crippen LogP contribution in [0.4, 0.5) is 0 Å². The molecular weight excluding hydrogens is 190 g/mol. The summed E-state index contributed by atoms with van der Waals surface area (Å²) in [5.41, 5.74) is 1.20. The van der Waals surface area contributed by atoms with Crippen LogP contribution in [-0.4, -0.2) is 35.3 Å². The normalized spacial score (nSPS) is 26.7. The van der Waals surface area contributed by atoms with Crippen LogP contribution < -0.4 is 5.32 Å². The highest BCUT2D eigenvalue weighted by Gasteiger charge is 2.18. The summed E-state index contributed by atoms with van der Waals surface area (Å²) in [5, 5.41) is 3.56. The van der Waals surface area contributed by atoms with Gasteiger partial charge in [0, 0.05) is 37.5 Å². The molecule has 1 saturated heterocycles. The molecule has 2 rings (SSSR count). The van der Waals surface area contributed by atoms with Gasteiger partial charge in [0.1, 0.15) is 0 Å². The summed E-state index contributed by atoms with van der Waals surface area (Å²) in [5.74, 6) is 0. The van der Waals surface area contributed by atoms with Crippen molar-refractivity contribution >= 4 is 0 Å². The summed E-state index contributed by atoms with van der Waals surface area (Å²) >= 11 is 0. The van der Waals surface area contributed by atoms with Crippen molar-refractivity contribution in [2.45, 2.75) is 38.3 Å². The molecule has 1 aliphatic heterocycles. The van der Waals surface area contributed by atoms with Crippen molar-refractivity contribution in [2.75, 3.05) is 13.2 Å². The molecule has 2 heterocycles. The lowest BCUT2D eigenvalue weighted by Crippen LogP contribution is -2.38. The first-order chi connectivity index (χ1) is 7.34. The molecule has 1 aromatic heterocycles. The SMILES string of the molecule is CC1CC(NCCc2cnc[nH]2)CCO1. The Balaban J connectivity index is 1.65. The molecule has 1 aliphatic rings. The van der Waals surface area contributed by atoms with Gasteiger partial charge in [-0.1, -0.05) is 0 Å². The lowest BCUT2D eigenvalue weighted by molar-refractivity contribution is 0.0135. The van der Waals surface area contributed by atoms with E-state index in [1.54, 1.807) is 6.33 Å². The Bertz CT molecular complexity index is 273. The predicted octanol–water partition coefficient (Wildman–Crippen LogP) is 1.11. The Labute approximate surface area is 90.4 Å². The number of aromatic nitrogens is 2. The van der Waals surface area contributed by atoms with Crippen molar-refractivity contribution in [3.63, 3.8) is 0 Å². The first-order valence-corrected chi connectivity index (χ1v) is 5.67. The zero-order chi connectivity index (χ0) is 10.5. The quantitative estimate of drug-likeness (QED) is 0.781. The summed E-state index contributed by atoms with van der Waals surface area (Å²) < 4.78 is 5.50. The van der Waals surface area contributed by atoms with Gasteiger partial charge < -0.3 is 15.0 Å². The Morgan fingerprint density at radius 3 is 3.33 bits per heavy atom. The maximum Gasteiger partial charge on any atom is 0.0921 e. The van der Waals surface area contributed by atoms with Crippen LogP contribution >= 0.6 is 0 Å². The predicted molar refractivity (Wildman–Crippen MR) is 58.7 cm³/mol. The first-order valence-electron chi connectivity index (χ1n) is 5.67. The maximum absolute atomic E-state index is 5.50. The van der Waals surface area contributed by atoms with E-state index in [4.69, 9.17) is 4.74 Å². The Kier molecular flexibility index (Phi) is 3.75. The molecule has 2 atom stereocenters. The topological polar surface area (TPSA) is 49.9 Å². The minimum absolute atomic E-state index is 0.406. The van der Waals surface area contributed by atoms with Gasteiger partial charge in [-0.3, -0.25) is 0 Å². The molecule has 1 fully saturated rings. The standard InChI is InChI=1S/C11H19N3O/c1-9-6-10(3-5-15-9)13-4-2-11-7-12-8-14-11/h7-10,13H,2-6H2,1H3,(H,12,14). The van der Waals surface area contributed by atoms with E-state index < -0.39 is 0 Å². The van der Waals surface area contributed by atoms with Crippen LogP contribution in [-0.2, 0) is 11.2 Å². The van der Waals surface area contributed by atoms with E-state index in [1.165, 1.54) is 5.69 Å². The summed E-state index contributed by atoms with van der Waals surface area (Å²) in [6.45, 7) is 4.05. The minimum Gasteiger partial charge on any atom is -0.378 e. The number of nitrogens with one attached hydrogen (secondary N) is 2. The average molecular weight is 209 g/mol. The number of rotatable bonds is 4. The van der Waals surface area contributed by atoms with Crippen molar-refractivity contribution in [1.82, 2.24) is 15.3 Å². The van der Waals surface area contributed by atoms with E-state index >= 15 is 0 Å². The molecule has 0 spiro atoms. The van der Waals surface area contributed by atoms with Crippen LogP contribution in [0.5, 0.6) is 0 Å². The lowest BCUT2D eigenvalue weighted by Gasteiger charge is -2.28. The highest BCUT2D eigenvalue weighted by Crippen LogP contribution is 2.12. The molecule has 0 amide bonds. The van der Waals surface area contributed by atoms with Gasteiger partial charge in [-0.25, -0.2) is 4.98 Å².